The lowest BCUT2D eigenvalue weighted by atomic mass is 10.1. The van der Waals surface area contributed by atoms with Gasteiger partial charge in [0.2, 0.25) is 0 Å². The summed E-state index contributed by atoms with van der Waals surface area (Å²) in [5, 5.41) is 12.3. The molecule has 0 bridgehead atoms. The molecule has 0 amide bonds. The zero-order chi connectivity index (χ0) is 13.7. The second kappa shape index (κ2) is 5.91. The van der Waals surface area contributed by atoms with Gasteiger partial charge >= 0.3 is 5.97 Å². The fourth-order valence-electron chi connectivity index (χ4n) is 1.78. The highest BCUT2D eigenvalue weighted by Gasteiger charge is 2.10. The number of carboxylic acids is 1. The quantitative estimate of drug-likeness (QED) is 0.864. The average molecular weight is 257 g/mol. The van der Waals surface area contributed by atoms with E-state index < -0.39 is 5.97 Å². The number of hydrogen-bond acceptors (Lipinski definition) is 3. The molecule has 19 heavy (non-hydrogen) atoms. The van der Waals surface area contributed by atoms with E-state index in [4.69, 9.17) is 9.84 Å². The third-order valence-electron chi connectivity index (χ3n) is 2.78. The number of benzene rings is 2. The Bertz CT molecular complexity index is 567. The first-order valence-corrected chi connectivity index (χ1v) is 5.90. The summed E-state index contributed by atoms with van der Waals surface area (Å²) in [7, 11) is 1.55. The second-order valence-electron chi connectivity index (χ2n) is 4.06. The number of aromatic carboxylic acids is 1. The second-order valence-corrected chi connectivity index (χ2v) is 4.06. The van der Waals surface area contributed by atoms with Gasteiger partial charge < -0.3 is 15.2 Å². The third-order valence-corrected chi connectivity index (χ3v) is 2.78. The van der Waals surface area contributed by atoms with E-state index in [-0.39, 0.29) is 5.56 Å². The van der Waals surface area contributed by atoms with E-state index in [9.17, 15) is 4.79 Å². The van der Waals surface area contributed by atoms with Crippen LogP contribution in [-0.2, 0) is 6.54 Å². The molecule has 0 unspecified atom stereocenters. The van der Waals surface area contributed by atoms with Crippen LogP contribution >= 0.6 is 0 Å². The van der Waals surface area contributed by atoms with Crippen molar-refractivity contribution in [2.45, 2.75) is 6.54 Å². The number of carboxylic acid groups (broad SMARTS) is 1. The molecule has 2 aromatic carbocycles. The monoisotopic (exact) mass is 257 g/mol. The van der Waals surface area contributed by atoms with E-state index in [2.05, 4.69) is 5.32 Å². The molecule has 4 nitrogen and oxygen atoms in total. The molecule has 0 fully saturated rings. The van der Waals surface area contributed by atoms with Crippen molar-refractivity contribution in [3.63, 3.8) is 0 Å². The molecule has 0 saturated heterocycles. The van der Waals surface area contributed by atoms with Crippen LogP contribution in [0.1, 0.15) is 15.9 Å². The summed E-state index contributed by atoms with van der Waals surface area (Å²) >= 11 is 0. The van der Waals surface area contributed by atoms with E-state index in [0.29, 0.717) is 18.0 Å². The number of hydrogen-bond donors (Lipinski definition) is 2. The number of carbonyl (C=O) groups is 1. The molecular weight excluding hydrogens is 242 g/mol. The topological polar surface area (TPSA) is 58.6 Å². The number of anilines is 1. The summed E-state index contributed by atoms with van der Waals surface area (Å²) in [6.45, 7) is 0.564. The summed E-state index contributed by atoms with van der Waals surface area (Å²) in [5.74, 6) is -0.334. The lowest BCUT2D eigenvalue weighted by Crippen LogP contribution is -2.06. The molecule has 2 rings (SSSR count). The minimum atomic E-state index is -0.960. The molecule has 0 radical (unpaired) electrons. The normalized spacial score (nSPS) is 9.95. The molecule has 4 heteroatoms. The molecule has 2 N–H and O–H groups in total. The number of methoxy groups -OCH3 is 1. The van der Waals surface area contributed by atoms with Crippen LogP contribution in [0.4, 0.5) is 5.69 Å². The Morgan fingerprint density at radius 3 is 2.58 bits per heavy atom. The minimum Gasteiger partial charge on any atom is -0.497 e. The molecular formula is C15H15NO3. The predicted molar refractivity (Wildman–Crippen MR) is 73.7 cm³/mol. The zero-order valence-electron chi connectivity index (χ0n) is 10.6. The molecule has 0 heterocycles. The van der Waals surface area contributed by atoms with Gasteiger partial charge in [-0.3, -0.25) is 0 Å². The van der Waals surface area contributed by atoms with Gasteiger partial charge in [-0.2, -0.15) is 0 Å². The summed E-state index contributed by atoms with van der Waals surface area (Å²) in [6, 6.07) is 14.7. The highest BCUT2D eigenvalue weighted by molar-refractivity contribution is 5.94. The van der Waals surface area contributed by atoms with E-state index in [1.54, 1.807) is 19.2 Å². The molecule has 2 aromatic rings. The van der Waals surface area contributed by atoms with Crippen LogP contribution in [0.3, 0.4) is 0 Å². The molecule has 0 atom stereocenters. The standard InChI is InChI=1S/C15H15NO3/c1-19-12-7-8-13(15(17)18)14(9-12)16-10-11-5-3-2-4-6-11/h2-9,16H,10H2,1H3,(H,17,18). The van der Waals surface area contributed by atoms with Crippen molar-refractivity contribution in [1.82, 2.24) is 0 Å². The van der Waals surface area contributed by atoms with Crippen LogP contribution in [0.25, 0.3) is 0 Å². The van der Waals surface area contributed by atoms with Gasteiger partial charge in [-0.25, -0.2) is 4.79 Å². The van der Waals surface area contributed by atoms with Crippen molar-refractivity contribution in [3.05, 3.63) is 59.7 Å². The summed E-state index contributed by atoms with van der Waals surface area (Å²) in [6.07, 6.45) is 0. The predicted octanol–water partition coefficient (Wildman–Crippen LogP) is 3.01. The highest BCUT2D eigenvalue weighted by Crippen LogP contribution is 2.23. The number of ether oxygens (including phenoxy) is 1. The Hall–Kier alpha value is -2.49. The van der Waals surface area contributed by atoms with Crippen molar-refractivity contribution in [2.75, 3.05) is 12.4 Å². The first kappa shape index (κ1) is 13.0. The summed E-state index contributed by atoms with van der Waals surface area (Å²) < 4.78 is 5.11. The van der Waals surface area contributed by atoms with Gasteiger partial charge in [0.1, 0.15) is 5.75 Å². The third kappa shape index (κ3) is 3.25. The van der Waals surface area contributed by atoms with Crippen molar-refractivity contribution in [2.24, 2.45) is 0 Å². The first-order valence-electron chi connectivity index (χ1n) is 5.90. The number of rotatable bonds is 5. The van der Waals surface area contributed by atoms with Gasteiger partial charge in [0.25, 0.3) is 0 Å². The maximum Gasteiger partial charge on any atom is 0.337 e. The van der Waals surface area contributed by atoms with Crippen LogP contribution in [-0.4, -0.2) is 18.2 Å². The van der Waals surface area contributed by atoms with Gasteiger partial charge in [-0.1, -0.05) is 30.3 Å². The van der Waals surface area contributed by atoms with E-state index >= 15 is 0 Å². The van der Waals surface area contributed by atoms with Crippen molar-refractivity contribution < 1.29 is 14.6 Å². The highest BCUT2D eigenvalue weighted by atomic mass is 16.5. The minimum absolute atomic E-state index is 0.233. The number of nitrogens with one attached hydrogen (secondary N) is 1. The van der Waals surface area contributed by atoms with Crippen molar-refractivity contribution in [3.8, 4) is 5.75 Å². The molecule has 0 saturated carbocycles. The zero-order valence-corrected chi connectivity index (χ0v) is 10.6. The van der Waals surface area contributed by atoms with Crippen LogP contribution in [0, 0.1) is 0 Å². The Morgan fingerprint density at radius 2 is 1.95 bits per heavy atom. The van der Waals surface area contributed by atoms with Gasteiger partial charge in [-0.05, 0) is 17.7 Å². The molecule has 0 aliphatic rings. The van der Waals surface area contributed by atoms with E-state index in [1.165, 1.54) is 6.07 Å². The molecule has 0 aromatic heterocycles. The molecule has 0 aliphatic heterocycles. The smallest absolute Gasteiger partial charge is 0.337 e. The van der Waals surface area contributed by atoms with Crippen LogP contribution in [0.2, 0.25) is 0 Å². The Labute approximate surface area is 111 Å². The summed E-state index contributed by atoms with van der Waals surface area (Å²) in [4.78, 5) is 11.2. The fraction of sp³-hybridized carbons (Fsp3) is 0.133. The first-order chi connectivity index (χ1) is 9.20. The molecule has 0 spiro atoms. The Morgan fingerprint density at radius 1 is 1.21 bits per heavy atom. The maximum atomic E-state index is 11.2. The van der Waals surface area contributed by atoms with Gasteiger partial charge in [0, 0.05) is 12.6 Å². The van der Waals surface area contributed by atoms with Gasteiger partial charge in [0.15, 0.2) is 0 Å². The SMILES string of the molecule is COc1ccc(C(=O)O)c(NCc2ccccc2)c1. The van der Waals surface area contributed by atoms with Crippen LogP contribution < -0.4 is 10.1 Å². The molecule has 0 aliphatic carbocycles. The van der Waals surface area contributed by atoms with Gasteiger partial charge in [-0.15, -0.1) is 0 Å². The Kier molecular flexibility index (Phi) is 4.03. The molecule has 98 valence electrons. The maximum absolute atomic E-state index is 11.2. The Balaban J connectivity index is 2.20. The van der Waals surface area contributed by atoms with E-state index in [1.807, 2.05) is 30.3 Å². The largest absolute Gasteiger partial charge is 0.497 e. The fourth-order valence-corrected chi connectivity index (χ4v) is 1.78. The van der Waals surface area contributed by atoms with Crippen LogP contribution in [0.5, 0.6) is 5.75 Å². The lowest BCUT2D eigenvalue weighted by Gasteiger charge is -2.11. The lowest BCUT2D eigenvalue weighted by molar-refractivity contribution is 0.0698. The van der Waals surface area contributed by atoms with E-state index in [0.717, 1.165) is 5.56 Å². The average Bonchev–Trinajstić information content (AvgIpc) is 2.45. The van der Waals surface area contributed by atoms with Crippen molar-refractivity contribution >= 4 is 11.7 Å². The van der Waals surface area contributed by atoms with Crippen molar-refractivity contribution in [1.29, 1.82) is 0 Å². The van der Waals surface area contributed by atoms with Crippen LogP contribution in [0.15, 0.2) is 48.5 Å². The summed E-state index contributed by atoms with van der Waals surface area (Å²) in [5.41, 5.74) is 1.87. The van der Waals surface area contributed by atoms with Gasteiger partial charge in [0.05, 0.1) is 18.4 Å².